The summed E-state index contributed by atoms with van der Waals surface area (Å²) in [4.78, 5) is 2.46. The van der Waals surface area contributed by atoms with Crippen LogP contribution in [0.3, 0.4) is 0 Å². The Kier molecular flexibility index (Phi) is 4.25. The van der Waals surface area contributed by atoms with Crippen LogP contribution in [0.5, 0.6) is 0 Å². The lowest BCUT2D eigenvalue weighted by Crippen LogP contribution is -2.51. The molecule has 1 saturated carbocycles. The van der Waals surface area contributed by atoms with Gasteiger partial charge in [-0.15, -0.1) is 0 Å². The Morgan fingerprint density at radius 3 is 2.60 bits per heavy atom. The molecule has 1 aromatic carbocycles. The Morgan fingerprint density at radius 2 is 1.80 bits per heavy atom. The van der Waals surface area contributed by atoms with Gasteiger partial charge in [0.2, 0.25) is 0 Å². The van der Waals surface area contributed by atoms with Crippen molar-refractivity contribution in [3.63, 3.8) is 0 Å². The van der Waals surface area contributed by atoms with E-state index in [1.165, 1.54) is 44.1 Å². The van der Waals surface area contributed by atoms with E-state index in [0.29, 0.717) is 6.04 Å². The molecule has 1 N–H and O–H groups in total. The molecule has 2 fully saturated rings. The molecule has 1 aliphatic carbocycles. The minimum Gasteiger partial charge on any atom is -0.346 e. The number of rotatable bonds is 1. The highest BCUT2D eigenvalue weighted by Crippen LogP contribution is 2.35. The van der Waals surface area contributed by atoms with Gasteiger partial charge in [0.1, 0.15) is 0 Å². The molecule has 1 heterocycles. The summed E-state index contributed by atoms with van der Waals surface area (Å²) in [5, 5.41) is 4.35. The molecule has 0 unspecified atom stereocenters. The number of likely N-dealkylation sites (tertiary alicyclic amines) is 1. The van der Waals surface area contributed by atoms with Crippen LogP contribution in [0.15, 0.2) is 24.3 Å². The van der Waals surface area contributed by atoms with Crippen LogP contribution >= 0.6 is 12.2 Å². The summed E-state index contributed by atoms with van der Waals surface area (Å²) >= 11 is 5.67. The lowest BCUT2D eigenvalue weighted by Gasteiger charge is -2.45. The zero-order valence-corrected chi connectivity index (χ0v) is 13.1. The topological polar surface area (TPSA) is 15.3 Å². The van der Waals surface area contributed by atoms with Crippen molar-refractivity contribution >= 4 is 23.0 Å². The molecule has 0 aromatic heterocycles. The summed E-state index contributed by atoms with van der Waals surface area (Å²) in [5.41, 5.74) is 2.39. The largest absolute Gasteiger partial charge is 0.346 e. The Hall–Kier alpha value is -1.09. The van der Waals surface area contributed by atoms with Gasteiger partial charge in [0.05, 0.1) is 0 Å². The van der Waals surface area contributed by atoms with E-state index in [-0.39, 0.29) is 0 Å². The third kappa shape index (κ3) is 2.98. The van der Waals surface area contributed by atoms with E-state index in [2.05, 4.69) is 41.4 Å². The molecule has 0 amide bonds. The molecule has 2 aliphatic rings. The first kappa shape index (κ1) is 13.9. The van der Waals surface area contributed by atoms with Crippen molar-refractivity contribution in [1.82, 2.24) is 4.90 Å². The smallest absolute Gasteiger partial charge is 0.173 e. The van der Waals surface area contributed by atoms with Gasteiger partial charge in [0.25, 0.3) is 0 Å². The predicted molar refractivity (Wildman–Crippen MR) is 89.1 cm³/mol. The molecular formula is C17H24N2S. The third-order valence-corrected chi connectivity index (χ3v) is 5.14. The highest BCUT2D eigenvalue weighted by Gasteiger charge is 2.34. The Morgan fingerprint density at radius 1 is 1.10 bits per heavy atom. The maximum absolute atomic E-state index is 5.67. The fraction of sp³-hybridized carbons (Fsp3) is 0.588. The summed E-state index contributed by atoms with van der Waals surface area (Å²) in [6.45, 7) is 3.23. The van der Waals surface area contributed by atoms with Crippen molar-refractivity contribution in [2.75, 3.05) is 11.9 Å². The highest BCUT2D eigenvalue weighted by molar-refractivity contribution is 7.80. The summed E-state index contributed by atoms with van der Waals surface area (Å²) in [5.74, 6) is 0.871. The van der Waals surface area contributed by atoms with Crippen LogP contribution in [-0.2, 0) is 0 Å². The van der Waals surface area contributed by atoms with Crippen molar-refractivity contribution in [2.24, 2.45) is 5.92 Å². The second kappa shape index (κ2) is 6.13. The summed E-state index contributed by atoms with van der Waals surface area (Å²) in [7, 11) is 0. The molecule has 20 heavy (non-hydrogen) atoms. The molecular weight excluding hydrogens is 264 g/mol. The molecule has 0 spiro atoms. The van der Waals surface area contributed by atoms with Gasteiger partial charge in [-0.1, -0.05) is 30.5 Å². The lowest BCUT2D eigenvalue weighted by molar-refractivity contribution is 0.121. The van der Waals surface area contributed by atoms with Crippen molar-refractivity contribution in [3.8, 4) is 0 Å². The van der Waals surface area contributed by atoms with E-state index in [9.17, 15) is 0 Å². The van der Waals surface area contributed by atoms with Crippen molar-refractivity contribution in [1.29, 1.82) is 0 Å². The Labute approximate surface area is 127 Å². The van der Waals surface area contributed by atoms with E-state index in [1.807, 2.05) is 0 Å². The number of nitrogens with one attached hydrogen (secondary N) is 1. The second-order valence-electron chi connectivity index (χ2n) is 6.24. The monoisotopic (exact) mass is 288 g/mol. The van der Waals surface area contributed by atoms with Crippen LogP contribution in [0.4, 0.5) is 5.69 Å². The first-order chi connectivity index (χ1) is 9.74. The van der Waals surface area contributed by atoms with Crippen LogP contribution in [0.25, 0.3) is 0 Å². The first-order valence-corrected chi connectivity index (χ1v) is 8.29. The maximum Gasteiger partial charge on any atom is 0.173 e. The van der Waals surface area contributed by atoms with Crippen molar-refractivity contribution in [3.05, 3.63) is 29.8 Å². The number of hydrogen-bond acceptors (Lipinski definition) is 1. The number of piperidine rings is 1. The lowest BCUT2D eigenvalue weighted by atomic mass is 9.78. The Bertz CT molecular complexity index is 466. The van der Waals surface area contributed by atoms with Crippen LogP contribution in [0.1, 0.15) is 44.1 Å². The SMILES string of the molecule is Cc1ccc(NC(=S)N2CCC[C@H]3CCCC[C@@H]32)cc1. The number of fused-ring (bicyclic) bond motifs is 1. The number of hydrogen-bond donors (Lipinski definition) is 1. The number of benzene rings is 1. The van der Waals surface area contributed by atoms with E-state index in [4.69, 9.17) is 12.2 Å². The molecule has 3 heteroatoms. The van der Waals surface area contributed by atoms with E-state index >= 15 is 0 Å². The van der Waals surface area contributed by atoms with Gasteiger partial charge in [-0.2, -0.15) is 0 Å². The van der Waals surface area contributed by atoms with Gasteiger partial charge in [-0.05, 0) is 62.9 Å². The number of anilines is 1. The Balaban J connectivity index is 1.67. The molecule has 1 saturated heterocycles. The average molecular weight is 288 g/mol. The number of aryl methyl sites for hydroxylation is 1. The molecule has 0 bridgehead atoms. The highest BCUT2D eigenvalue weighted by atomic mass is 32.1. The zero-order valence-electron chi connectivity index (χ0n) is 12.3. The summed E-state index contributed by atoms with van der Waals surface area (Å²) in [6, 6.07) is 9.17. The summed E-state index contributed by atoms with van der Waals surface area (Å²) in [6.07, 6.45) is 8.18. The molecule has 1 aliphatic heterocycles. The van der Waals surface area contributed by atoms with Gasteiger partial charge in [-0.3, -0.25) is 0 Å². The van der Waals surface area contributed by atoms with E-state index < -0.39 is 0 Å². The fourth-order valence-corrected chi connectivity index (χ4v) is 4.05. The van der Waals surface area contributed by atoms with Crippen LogP contribution in [-0.4, -0.2) is 22.6 Å². The average Bonchev–Trinajstić information content (AvgIpc) is 2.49. The first-order valence-electron chi connectivity index (χ1n) is 7.88. The minimum atomic E-state index is 0.683. The van der Waals surface area contributed by atoms with Gasteiger partial charge >= 0.3 is 0 Å². The van der Waals surface area contributed by atoms with Crippen LogP contribution in [0.2, 0.25) is 0 Å². The van der Waals surface area contributed by atoms with Gasteiger partial charge in [0, 0.05) is 18.3 Å². The van der Waals surface area contributed by atoms with Gasteiger partial charge in [0.15, 0.2) is 5.11 Å². The number of thiocarbonyl (C=S) groups is 1. The maximum atomic E-state index is 5.67. The van der Waals surface area contributed by atoms with Crippen molar-refractivity contribution in [2.45, 2.75) is 51.5 Å². The van der Waals surface area contributed by atoms with Crippen molar-refractivity contribution < 1.29 is 0 Å². The predicted octanol–water partition coefficient (Wildman–Crippen LogP) is 4.35. The standard InChI is InChI=1S/C17H24N2S/c1-13-8-10-15(11-9-13)18-17(20)19-12-4-6-14-5-2-3-7-16(14)19/h8-11,14,16H,2-7,12H2,1H3,(H,18,20)/t14-,16+/m1/s1. The van der Waals surface area contributed by atoms with Gasteiger partial charge < -0.3 is 10.2 Å². The number of nitrogens with zero attached hydrogens (tertiary/aromatic N) is 1. The minimum absolute atomic E-state index is 0.683. The van der Waals surface area contributed by atoms with Gasteiger partial charge in [-0.25, -0.2) is 0 Å². The molecule has 0 radical (unpaired) electrons. The quantitative estimate of drug-likeness (QED) is 0.774. The molecule has 3 rings (SSSR count). The zero-order chi connectivity index (χ0) is 13.9. The molecule has 2 atom stereocenters. The third-order valence-electron chi connectivity index (χ3n) is 4.81. The molecule has 2 nitrogen and oxygen atoms in total. The van der Waals surface area contributed by atoms with E-state index in [0.717, 1.165) is 23.3 Å². The van der Waals surface area contributed by atoms with Crippen LogP contribution < -0.4 is 5.32 Å². The fourth-order valence-electron chi connectivity index (χ4n) is 3.71. The molecule has 108 valence electrons. The van der Waals surface area contributed by atoms with Crippen LogP contribution in [0, 0.1) is 12.8 Å². The molecule has 1 aromatic rings. The normalized spacial score (nSPS) is 25.9. The second-order valence-corrected chi connectivity index (χ2v) is 6.63. The summed E-state index contributed by atoms with van der Waals surface area (Å²) < 4.78 is 0. The van der Waals surface area contributed by atoms with E-state index in [1.54, 1.807) is 0 Å².